The molecule has 5 rings (SSSR count). The Morgan fingerprint density at radius 3 is 2.63 bits per heavy atom. The number of carbonyl (C=O) groups excluding carboxylic acids is 1. The number of nitrogens with zero attached hydrogens (tertiary/aromatic N) is 4. The summed E-state index contributed by atoms with van der Waals surface area (Å²) in [5.74, 6) is 0.961. The summed E-state index contributed by atoms with van der Waals surface area (Å²) in [6.45, 7) is 2.73. The highest BCUT2D eigenvalue weighted by molar-refractivity contribution is 6.10. The zero-order valence-electron chi connectivity index (χ0n) is 16.5. The Bertz CT molecular complexity index is 1020. The second-order valence-electron chi connectivity index (χ2n) is 8.55. The number of likely N-dealkylation sites (tertiary alicyclic amines) is 1. The number of para-hydroxylation sites is 1. The lowest BCUT2D eigenvalue weighted by Crippen LogP contribution is -2.35. The molecule has 0 N–H and O–H groups in total. The molecule has 1 aliphatic carbocycles. The smallest absolute Gasteiger partial charge is 0.270 e. The highest BCUT2D eigenvalue weighted by Crippen LogP contribution is 2.37. The van der Waals surface area contributed by atoms with Gasteiger partial charge in [-0.25, -0.2) is 0 Å². The SMILES string of the molecule is CN(C)C1CCN(C(=O)c2cc3c(c4ccccc4n3CC3CC3)n2C)C1. The third kappa shape index (κ3) is 2.67. The van der Waals surface area contributed by atoms with Gasteiger partial charge in [0.2, 0.25) is 0 Å². The monoisotopic (exact) mass is 364 g/mol. The lowest BCUT2D eigenvalue weighted by Gasteiger charge is -2.20. The number of aryl methyl sites for hydroxylation is 1. The molecule has 1 atom stereocenters. The van der Waals surface area contributed by atoms with Gasteiger partial charge >= 0.3 is 0 Å². The predicted octanol–water partition coefficient (Wildman–Crippen LogP) is 3.32. The summed E-state index contributed by atoms with van der Waals surface area (Å²) in [6.07, 6.45) is 3.71. The van der Waals surface area contributed by atoms with Crippen molar-refractivity contribution in [3.8, 4) is 0 Å². The molecule has 5 heteroatoms. The summed E-state index contributed by atoms with van der Waals surface area (Å²) in [7, 11) is 6.24. The molecule has 0 bridgehead atoms. The fraction of sp³-hybridized carbons (Fsp3) is 0.500. The van der Waals surface area contributed by atoms with Crippen LogP contribution in [0.3, 0.4) is 0 Å². The molecule has 1 unspecified atom stereocenters. The highest BCUT2D eigenvalue weighted by atomic mass is 16.2. The summed E-state index contributed by atoms with van der Waals surface area (Å²) in [5.41, 5.74) is 4.50. The van der Waals surface area contributed by atoms with Crippen molar-refractivity contribution >= 4 is 27.8 Å². The number of benzene rings is 1. The van der Waals surface area contributed by atoms with E-state index >= 15 is 0 Å². The number of amides is 1. The first-order valence-corrected chi connectivity index (χ1v) is 10.1. The largest absolute Gasteiger partial charge is 0.339 e. The van der Waals surface area contributed by atoms with E-state index in [1.807, 2.05) is 11.9 Å². The Labute approximate surface area is 160 Å². The fourth-order valence-electron chi connectivity index (χ4n) is 4.62. The van der Waals surface area contributed by atoms with E-state index in [9.17, 15) is 4.79 Å². The summed E-state index contributed by atoms with van der Waals surface area (Å²) in [4.78, 5) is 17.5. The van der Waals surface area contributed by atoms with Gasteiger partial charge in [0.15, 0.2) is 0 Å². The molecule has 1 aromatic carbocycles. The maximum atomic E-state index is 13.3. The van der Waals surface area contributed by atoms with E-state index in [1.165, 1.54) is 34.8 Å². The lowest BCUT2D eigenvalue weighted by atomic mass is 10.2. The van der Waals surface area contributed by atoms with Crippen molar-refractivity contribution in [1.82, 2.24) is 18.9 Å². The van der Waals surface area contributed by atoms with E-state index in [4.69, 9.17) is 0 Å². The minimum Gasteiger partial charge on any atom is -0.339 e. The molecule has 3 aromatic rings. The van der Waals surface area contributed by atoms with Crippen LogP contribution in [0, 0.1) is 5.92 Å². The Balaban J connectivity index is 1.58. The Morgan fingerprint density at radius 1 is 1.15 bits per heavy atom. The molecule has 0 radical (unpaired) electrons. The lowest BCUT2D eigenvalue weighted by molar-refractivity contribution is 0.0774. The molecule has 27 heavy (non-hydrogen) atoms. The minimum atomic E-state index is 0.167. The first-order chi connectivity index (χ1) is 13.0. The van der Waals surface area contributed by atoms with Gasteiger partial charge in [0.25, 0.3) is 5.91 Å². The number of carbonyl (C=O) groups is 1. The van der Waals surface area contributed by atoms with Gasteiger partial charge in [-0.3, -0.25) is 4.79 Å². The summed E-state index contributed by atoms with van der Waals surface area (Å²) >= 11 is 0. The van der Waals surface area contributed by atoms with Crippen molar-refractivity contribution in [2.45, 2.75) is 31.8 Å². The highest BCUT2D eigenvalue weighted by Gasteiger charge is 2.31. The molecule has 5 nitrogen and oxygen atoms in total. The number of aromatic nitrogens is 2. The van der Waals surface area contributed by atoms with Gasteiger partial charge in [-0.05, 0) is 51.4 Å². The zero-order chi connectivity index (χ0) is 18.7. The van der Waals surface area contributed by atoms with E-state index in [1.54, 1.807) is 0 Å². The minimum absolute atomic E-state index is 0.167. The van der Waals surface area contributed by atoms with Crippen molar-refractivity contribution in [3.63, 3.8) is 0 Å². The Morgan fingerprint density at radius 2 is 1.93 bits per heavy atom. The van der Waals surface area contributed by atoms with Crippen molar-refractivity contribution in [3.05, 3.63) is 36.0 Å². The van der Waals surface area contributed by atoms with Gasteiger partial charge in [-0.1, -0.05) is 18.2 Å². The van der Waals surface area contributed by atoms with Gasteiger partial charge in [0.1, 0.15) is 5.69 Å². The molecule has 2 fully saturated rings. The van der Waals surface area contributed by atoms with E-state index in [0.29, 0.717) is 6.04 Å². The van der Waals surface area contributed by atoms with E-state index < -0.39 is 0 Å². The molecule has 1 amide bonds. The zero-order valence-corrected chi connectivity index (χ0v) is 16.5. The maximum absolute atomic E-state index is 13.3. The quantitative estimate of drug-likeness (QED) is 0.712. The Kier molecular flexibility index (Phi) is 3.83. The molecule has 0 spiro atoms. The van der Waals surface area contributed by atoms with Crippen LogP contribution >= 0.6 is 0 Å². The normalized spacial score (nSPS) is 20.4. The topological polar surface area (TPSA) is 33.4 Å². The van der Waals surface area contributed by atoms with Crippen LogP contribution in [-0.4, -0.2) is 58.1 Å². The maximum Gasteiger partial charge on any atom is 0.270 e. The summed E-state index contributed by atoms with van der Waals surface area (Å²) in [5, 5.41) is 1.25. The standard InChI is InChI=1S/C22H28N4O/c1-23(2)16-10-11-25(14-16)22(27)20-12-19-21(24(20)3)17-6-4-5-7-18(17)26(19)13-15-8-9-15/h4-7,12,15-16H,8-11,13-14H2,1-3H3. The molecule has 1 saturated heterocycles. The molecular weight excluding hydrogens is 336 g/mol. The molecule has 142 valence electrons. The number of hydrogen-bond donors (Lipinski definition) is 0. The van der Waals surface area contributed by atoms with Crippen molar-refractivity contribution in [2.75, 3.05) is 27.2 Å². The predicted molar refractivity (Wildman–Crippen MR) is 109 cm³/mol. The first kappa shape index (κ1) is 16.9. The van der Waals surface area contributed by atoms with Crippen LogP contribution in [0.25, 0.3) is 21.9 Å². The van der Waals surface area contributed by atoms with Crippen LogP contribution in [-0.2, 0) is 13.6 Å². The molecule has 1 saturated carbocycles. The van der Waals surface area contributed by atoms with Crippen molar-refractivity contribution in [2.24, 2.45) is 13.0 Å². The number of fused-ring (bicyclic) bond motifs is 3. The van der Waals surface area contributed by atoms with Crippen LogP contribution in [0.4, 0.5) is 0 Å². The van der Waals surface area contributed by atoms with E-state index in [-0.39, 0.29) is 5.91 Å². The number of hydrogen-bond acceptors (Lipinski definition) is 2. The van der Waals surface area contributed by atoms with Gasteiger partial charge in [0, 0.05) is 38.1 Å². The summed E-state index contributed by atoms with van der Waals surface area (Å²) in [6, 6.07) is 11.2. The molecule has 3 heterocycles. The van der Waals surface area contributed by atoms with E-state index in [0.717, 1.165) is 37.7 Å². The second-order valence-corrected chi connectivity index (χ2v) is 8.55. The van der Waals surface area contributed by atoms with Crippen molar-refractivity contribution < 1.29 is 4.79 Å². The third-order valence-electron chi connectivity index (χ3n) is 6.49. The van der Waals surface area contributed by atoms with Crippen LogP contribution in [0.2, 0.25) is 0 Å². The molecule has 2 aliphatic rings. The number of likely N-dealkylation sites (N-methyl/N-ethyl adjacent to an activating group) is 1. The van der Waals surface area contributed by atoms with E-state index in [2.05, 4.69) is 58.5 Å². The first-order valence-electron chi connectivity index (χ1n) is 10.1. The van der Waals surface area contributed by atoms with Crippen LogP contribution in [0.15, 0.2) is 30.3 Å². The third-order valence-corrected chi connectivity index (χ3v) is 6.49. The average molecular weight is 364 g/mol. The number of rotatable bonds is 4. The molecule has 1 aliphatic heterocycles. The van der Waals surface area contributed by atoms with Gasteiger partial charge in [-0.2, -0.15) is 0 Å². The van der Waals surface area contributed by atoms with Gasteiger partial charge in [0.05, 0.1) is 16.6 Å². The summed E-state index contributed by atoms with van der Waals surface area (Å²) < 4.78 is 4.55. The second kappa shape index (κ2) is 6.13. The van der Waals surface area contributed by atoms with Crippen molar-refractivity contribution in [1.29, 1.82) is 0 Å². The van der Waals surface area contributed by atoms with Gasteiger partial charge in [-0.15, -0.1) is 0 Å². The average Bonchev–Trinajstić information content (AvgIpc) is 3.11. The van der Waals surface area contributed by atoms with Crippen LogP contribution in [0.5, 0.6) is 0 Å². The van der Waals surface area contributed by atoms with Crippen LogP contribution in [0.1, 0.15) is 29.8 Å². The fourth-order valence-corrected chi connectivity index (χ4v) is 4.62. The Hall–Kier alpha value is -2.27. The molecular formula is C22H28N4O. The molecule has 2 aromatic heterocycles. The van der Waals surface area contributed by atoms with Crippen LogP contribution < -0.4 is 0 Å². The van der Waals surface area contributed by atoms with Gasteiger partial charge < -0.3 is 18.9 Å².